The van der Waals surface area contributed by atoms with Gasteiger partial charge in [0.25, 0.3) is 0 Å². The van der Waals surface area contributed by atoms with Gasteiger partial charge in [-0.05, 0) is 56.7 Å². The Labute approximate surface area is 137 Å². The van der Waals surface area contributed by atoms with E-state index in [-0.39, 0.29) is 18.1 Å². The molecule has 5 heteroatoms. The third kappa shape index (κ3) is 6.24. The summed E-state index contributed by atoms with van der Waals surface area (Å²) >= 11 is 5.92. The van der Waals surface area contributed by atoms with Gasteiger partial charge >= 0.3 is 0 Å². The van der Waals surface area contributed by atoms with Crippen molar-refractivity contribution < 1.29 is 9.90 Å². The van der Waals surface area contributed by atoms with Gasteiger partial charge in [0.05, 0.1) is 6.10 Å². The van der Waals surface area contributed by atoms with E-state index in [2.05, 4.69) is 10.6 Å². The number of amides is 1. The molecule has 0 heterocycles. The van der Waals surface area contributed by atoms with Gasteiger partial charge in [0.1, 0.15) is 0 Å². The molecule has 0 bridgehead atoms. The average Bonchev–Trinajstić information content (AvgIpc) is 2.49. The summed E-state index contributed by atoms with van der Waals surface area (Å²) in [6.45, 7) is 0.837. The molecule has 3 N–H and O–H groups in total. The average molecular weight is 325 g/mol. The minimum Gasteiger partial charge on any atom is -0.393 e. The lowest BCUT2D eigenvalue weighted by Gasteiger charge is -2.26. The monoisotopic (exact) mass is 324 g/mol. The van der Waals surface area contributed by atoms with Crippen LogP contribution in [0.1, 0.15) is 44.9 Å². The number of hydrogen-bond acceptors (Lipinski definition) is 3. The Morgan fingerprint density at radius 3 is 2.73 bits per heavy atom. The lowest BCUT2D eigenvalue weighted by atomic mass is 9.93. The molecule has 122 valence electrons. The molecule has 0 saturated heterocycles. The van der Waals surface area contributed by atoms with Crippen LogP contribution in [0.25, 0.3) is 0 Å². The van der Waals surface area contributed by atoms with Crippen molar-refractivity contribution in [1.82, 2.24) is 5.32 Å². The van der Waals surface area contributed by atoms with Crippen LogP contribution in [0.5, 0.6) is 0 Å². The van der Waals surface area contributed by atoms with Gasteiger partial charge < -0.3 is 15.7 Å². The lowest BCUT2D eigenvalue weighted by molar-refractivity contribution is -0.122. The molecular formula is C17H25ClN2O2. The van der Waals surface area contributed by atoms with Gasteiger partial charge in [0.2, 0.25) is 5.91 Å². The van der Waals surface area contributed by atoms with Crippen molar-refractivity contribution in [3.63, 3.8) is 0 Å². The van der Waals surface area contributed by atoms with Crippen molar-refractivity contribution in [2.45, 2.75) is 57.1 Å². The molecule has 0 aromatic heterocycles. The van der Waals surface area contributed by atoms with E-state index < -0.39 is 0 Å². The van der Waals surface area contributed by atoms with Crippen LogP contribution < -0.4 is 10.6 Å². The molecule has 4 nitrogen and oxygen atoms in total. The van der Waals surface area contributed by atoms with Gasteiger partial charge in [-0.15, -0.1) is 0 Å². The number of halogens is 1. The van der Waals surface area contributed by atoms with Gasteiger partial charge in [-0.2, -0.15) is 0 Å². The molecule has 1 aromatic rings. The Hall–Kier alpha value is -1.26. The predicted octanol–water partition coefficient (Wildman–Crippen LogP) is 3.34. The topological polar surface area (TPSA) is 61.4 Å². The molecule has 1 fully saturated rings. The Morgan fingerprint density at radius 2 is 2.00 bits per heavy atom. The normalized spacial score (nSPS) is 21.4. The largest absolute Gasteiger partial charge is 0.393 e. The van der Waals surface area contributed by atoms with Crippen LogP contribution in [-0.2, 0) is 4.79 Å². The second kappa shape index (κ2) is 9.01. The minimum atomic E-state index is -0.175. The highest BCUT2D eigenvalue weighted by atomic mass is 35.5. The van der Waals surface area contributed by atoms with Crippen LogP contribution in [0.15, 0.2) is 24.3 Å². The van der Waals surface area contributed by atoms with Gasteiger partial charge in [0.15, 0.2) is 0 Å². The Balaban J connectivity index is 1.54. The number of unbranched alkanes of at least 4 members (excludes halogenated alkanes) is 1. The van der Waals surface area contributed by atoms with Crippen molar-refractivity contribution in [2.75, 3.05) is 11.9 Å². The van der Waals surface area contributed by atoms with E-state index in [4.69, 9.17) is 11.6 Å². The second-order valence-electron chi connectivity index (χ2n) is 5.97. The summed E-state index contributed by atoms with van der Waals surface area (Å²) in [5.41, 5.74) is 1.01. The highest BCUT2D eigenvalue weighted by Gasteiger charge is 2.20. The first-order valence-corrected chi connectivity index (χ1v) is 8.48. The van der Waals surface area contributed by atoms with Crippen molar-refractivity contribution >= 4 is 23.2 Å². The molecule has 1 aliphatic rings. The second-order valence-corrected chi connectivity index (χ2v) is 6.40. The molecule has 0 radical (unpaired) electrons. The quantitative estimate of drug-likeness (QED) is 0.674. The summed E-state index contributed by atoms with van der Waals surface area (Å²) in [5.74, 6) is 0.129. The molecule has 1 saturated carbocycles. The van der Waals surface area contributed by atoms with Crippen LogP contribution in [-0.4, -0.2) is 29.7 Å². The molecule has 22 heavy (non-hydrogen) atoms. The van der Waals surface area contributed by atoms with Crippen LogP contribution in [0, 0.1) is 0 Å². The van der Waals surface area contributed by atoms with E-state index in [0.29, 0.717) is 6.42 Å². The number of nitrogens with one attached hydrogen (secondary N) is 2. The number of benzene rings is 1. The maximum Gasteiger partial charge on any atom is 0.220 e. The minimum absolute atomic E-state index is 0.129. The number of aliphatic hydroxyl groups is 1. The zero-order valence-electron chi connectivity index (χ0n) is 12.9. The summed E-state index contributed by atoms with van der Waals surface area (Å²) < 4.78 is 0. The van der Waals surface area contributed by atoms with Crippen molar-refractivity contribution in [3.05, 3.63) is 29.3 Å². The van der Waals surface area contributed by atoms with Gasteiger partial charge in [-0.3, -0.25) is 4.79 Å². The van der Waals surface area contributed by atoms with Crippen molar-refractivity contribution in [3.8, 4) is 0 Å². The first kappa shape index (κ1) is 17.1. The van der Waals surface area contributed by atoms with E-state index >= 15 is 0 Å². The summed E-state index contributed by atoms with van der Waals surface area (Å²) in [5, 5.41) is 16.5. The molecule has 1 amide bonds. The van der Waals surface area contributed by atoms with E-state index in [1.54, 1.807) is 0 Å². The first-order valence-electron chi connectivity index (χ1n) is 8.10. The fourth-order valence-electron chi connectivity index (χ4n) is 2.76. The van der Waals surface area contributed by atoms with E-state index in [9.17, 15) is 9.90 Å². The maximum atomic E-state index is 11.9. The molecule has 0 aliphatic heterocycles. The van der Waals surface area contributed by atoms with Gasteiger partial charge in [-0.25, -0.2) is 0 Å². The van der Waals surface area contributed by atoms with Crippen LogP contribution >= 0.6 is 11.6 Å². The summed E-state index contributed by atoms with van der Waals surface area (Å²) in [7, 11) is 0. The molecular weight excluding hydrogens is 300 g/mol. The molecule has 2 rings (SSSR count). The fourth-order valence-corrected chi connectivity index (χ4v) is 2.95. The molecule has 0 atom stereocenters. The molecule has 1 aromatic carbocycles. The van der Waals surface area contributed by atoms with Crippen LogP contribution in [0.3, 0.4) is 0 Å². The third-order valence-corrected chi connectivity index (χ3v) is 4.28. The SMILES string of the molecule is O=C(CCCCNc1cccc(Cl)c1)NC1CCC(O)CC1. The molecule has 1 aliphatic carbocycles. The van der Waals surface area contributed by atoms with Crippen LogP contribution in [0.4, 0.5) is 5.69 Å². The highest BCUT2D eigenvalue weighted by Crippen LogP contribution is 2.18. The van der Waals surface area contributed by atoms with E-state index in [0.717, 1.165) is 55.8 Å². The van der Waals surface area contributed by atoms with Crippen LogP contribution in [0.2, 0.25) is 5.02 Å². The fraction of sp³-hybridized carbons (Fsp3) is 0.588. The summed E-state index contributed by atoms with van der Waals surface area (Å²) in [6, 6.07) is 7.89. The van der Waals surface area contributed by atoms with E-state index in [1.807, 2.05) is 24.3 Å². The van der Waals surface area contributed by atoms with E-state index in [1.165, 1.54) is 0 Å². The number of anilines is 1. The van der Waals surface area contributed by atoms with Crippen molar-refractivity contribution in [1.29, 1.82) is 0 Å². The number of carbonyl (C=O) groups excluding carboxylic acids is 1. The first-order chi connectivity index (χ1) is 10.6. The Morgan fingerprint density at radius 1 is 1.23 bits per heavy atom. The Kier molecular flexibility index (Phi) is 7.00. The summed E-state index contributed by atoms with van der Waals surface area (Å²) in [6.07, 6.45) is 5.59. The molecule has 0 unspecified atom stereocenters. The predicted molar refractivity (Wildman–Crippen MR) is 90.2 cm³/mol. The zero-order valence-corrected chi connectivity index (χ0v) is 13.6. The highest BCUT2D eigenvalue weighted by molar-refractivity contribution is 6.30. The Bertz CT molecular complexity index is 473. The number of hydrogen-bond donors (Lipinski definition) is 3. The molecule has 0 spiro atoms. The van der Waals surface area contributed by atoms with Gasteiger partial charge in [-0.1, -0.05) is 17.7 Å². The standard InChI is InChI=1S/C17H25ClN2O2/c18-13-4-3-5-15(12-13)19-11-2-1-6-17(22)20-14-7-9-16(21)10-8-14/h3-5,12,14,16,19,21H,1-2,6-11H2,(H,20,22). The lowest BCUT2D eigenvalue weighted by Crippen LogP contribution is -2.38. The summed E-state index contributed by atoms with van der Waals surface area (Å²) in [4.78, 5) is 11.9. The van der Waals surface area contributed by atoms with Gasteiger partial charge in [0, 0.05) is 29.7 Å². The maximum absolute atomic E-state index is 11.9. The number of rotatable bonds is 7. The third-order valence-electron chi connectivity index (χ3n) is 4.05. The smallest absolute Gasteiger partial charge is 0.220 e. The number of carbonyl (C=O) groups is 1. The number of aliphatic hydroxyl groups excluding tert-OH is 1. The zero-order chi connectivity index (χ0) is 15.8. The van der Waals surface area contributed by atoms with Crippen molar-refractivity contribution in [2.24, 2.45) is 0 Å².